The fourth-order valence-electron chi connectivity index (χ4n) is 1.46. The molecule has 0 aliphatic heterocycles. The van der Waals surface area contributed by atoms with E-state index in [0.717, 1.165) is 6.42 Å². The molecule has 1 aromatic heterocycles. The van der Waals surface area contributed by atoms with Crippen LogP contribution in [0.2, 0.25) is 0 Å². The first kappa shape index (κ1) is 7.04. The Labute approximate surface area is 70.1 Å². The molecule has 1 aliphatic carbocycles. The standard InChI is InChI=1S/C9H10OS/c1-6(10)7-5-8(7)9-3-2-4-11-9/h2-4,7-8H,5H2,1H3/t7-,8+/m1/s1. The van der Waals surface area contributed by atoms with Crippen molar-refractivity contribution in [2.75, 3.05) is 0 Å². The van der Waals surface area contributed by atoms with Crippen LogP contribution >= 0.6 is 11.3 Å². The molecule has 2 heteroatoms. The summed E-state index contributed by atoms with van der Waals surface area (Å²) in [6.45, 7) is 1.69. The SMILES string of the molecule is CC(=O)[C@H]1C[C@@H]1c1cccs1. The summed E-state index contributed by atoms with van der Waals surface area (Å²) < 4.78 is 0. The monoisotopic (exact) mass is 166 g/mol. The zero-order valence-corrected chi connectivity index (χ0v) is 7.23. The smallest absolute Gasteiger partial charge is 0.133 e. The number of hydrogen-bond donors (Lipinski definition) is 0. The molecule has 0 radical (unpaired) electrons. The largest absolute Gasteiger partial charge is 0.300 e. The lowest BCUT2D eigenvalue weighted by Gasteiger charge is -1.89. The Hall–Kier alpha value is -0.630. The van der Waals surface area contributed by atoms with Gasteiger partial charge in [0.1, 0.15) is 5.78 Å². The molecule has 0 bridgehead atoms. The van der Waals surface area contributed by atoms with Crippen LogP contribution in [-0.4, -0.2) is 5.78 Å². The Balaban J connectivity index is 2.08. The molecule has 1 aromatic rings. The third-order valence-corrected chi connectivity index (χ3v) is 3.23. The Bertz CT molecular complexity index is 263. The lowest BCUT2D eigenvalue weighted by Crippen LogP contribution is -1.93. The van der Waals surface area contributed by atoms with Crippen molar-refractivity contribution in [3.63, 3.8) is 0 Å². The Morgan fingerprint density at radius 1 is 1.73 bits per heavy atom. The maximum Gasteiger partial charge on any atom is 0.133 e. The molecule has 2 atom stereocenters. The normalized spacial score (nSPS) is 28.5. The van der Waals surface area contributed by atoms with Gasteiger partial charge in [0.15, 0.2) is 0 Å². The lowest BCUT2D eigenvalue weighted by atomic mass is 10.2. The van der Waals surface area contributed by atoms with Crippen molar-refractivity contribution < 1.29 is 4.79 Å². The van der Waals surface area contributed by atoms with E-state index in [4.69, 9.17) is 0 Å². The Morgan fingerprint density at radius 2 is 2.55 bits per heavy atom. The van der Waals surface area contributed by atoms with Gasteiger partial charge < -0.3 is 0 Å². The van der Waals surface area contributed by atoms with Crippen molar-refractivity contribution in [1.82, 2.24) is 0 Å². The van der Waals surface area contributed by atoms with E-state index in [-0.39, 0.29) is 0 Å². The molecule has 11 heavy (non-hydrogen) atoms. The fraction of sp³-hybridized carbons (Fsp3) is 0.444. The highest BCUT2D eigenvalue weighted by atomic mass is 32.1. The van der Waals surface area contributed by atoms with Crippen molar-refractivity contribution in [2.24, 2.45) is 5.92 Å². The summed E-state index contributed by atoms with van der Waals surface area (Å²) in [5.41, 5.74) is 0. The van der Waals surface area contributed by atoms with Gasteiger partial charge >= 0.3 is 0 Å². The van der Waals surface area contributed by atoms with Crippen molar-refractivity contribution in [1.29, 1.82) is 0 Å². The van der Waals surface area contributed by atoms with Crippen LogP contribution in [0, 0.1) is 5.92 Å². The minimum absolute atomic E-state index is 0.341. The molecule has 1 heterocycles. The van der Waals surface area contributed by atoms with E-state index in [1.165, 1.54) is 4.88 Å². The third kappa shape index (κ3) is 1.23. The van der Waals surface area contributed by atoms with Gasteiger partial charge in [0.25, 0.3) is 0 Å². The number of carbonyl (C=O) groups excluding carboxylic acids is 1. The van der Waals surface area contributed by atoms with Crippen LogP contribution in [-0.2, 0) is 4.79 Å². The highest BCUT2D eigenvalue weighted by Crippen LogP contribution is 2.49. The average molecular weight is 166 g/mol. The minimum atomic E-state index is 0.341. The molecule has 0 saturated heterocycles. The Morgan fingerprint density at radius 3 is 3.00 bits per heavy atom. The lowest BCUT2D eigenvalue weighted by molar-refractivity contribution is -0.118. The first-order valence-corrected chi connectivity index (χ1v) is 4.71. The predicted molar refractivity (Wildman–Crippen MR) is 45.8 cm³/mol. The number of hydrogen-bond acceptors (Lipinski definition) is 2. The van der Waals surface area contributed by atoms with Crippen molar-refractivity contribution >= 4 is 17.1 Å². The number of rotatable bonds is 2. The molecule has 0 unspecified atom stereocenters. The van der Waals surface area contributed by atoms with Crippen LogP contribution in [0.15, 0.2) is 17.5 Å². The van der Waals surface area contributed by atoms with Crippen molar-refractivity contribution in [3.8, 4) is 0 Å². The molecule has 2 rings (SSSR count). The van der Waals surface area contributed by atoms with Gasteiger partial charge in [0, 0.05) is 16.7 Å². The minimum Gasteiger partial charge on any atom is -0.300 e. The molecule has 1 aliphatic rings. The van der Waals surface area contributed by atoms with Crippen molar-refractivity contribution in [2.45, 2.75) is 19.3 Å². The maximum absolute atomic E-state index is 10.9. The molecule has 1 saturated carbocycles. The molecule has 0 N–H and O–H groups in total. The zero-order valence-electron chi connectivity index (χ0n) is 6.41. The van der Waals surface area contributed by atoms with Crippen LogP contribution in [0.1, 0.15) is 24.1 Å². The molecule has 0 amide bonds. The molecule has 0 spiro atoms. The molecular weight excluding hydrogens is 156 g/mol. The van der Waals surface area contributed by atoms with Gasteiger partial charge in [-0.15, -0.1) is 11.3 Å². The topological polar surface area (TPSA) is 17.1 Å². The first-order valence-electron chi connectivity index (χ1n) is 3.83. The van der Waals surface area contributed by atoms with E-state index in [0.29, 0.717) is 17.6 Å². The second-order valence-electron chi connectivity index (χ2n) is 3.07. The Kier molecular flexibility index (Phi) is 1.57. The zero-order chi connectivity index (χ0) is 7.84. The van der Waals surface area contributed by atoms with E-state index >= 15 is 0 Å². The van der Waals surface area contributed by atoms with E-state index < -0.39 is 0 Å². The predicted octanol–water partition coefficient (Wildman–Crippen LogP) is 2.44. The molecular formula is C9H10OS. The van der Waals surface area contributed by atoms with Crippen LogP contribution in [0.4, 0.5) is 0 Å². The average Bonchev–Trinajstić information content (AvgIpc) is 2.60. The number of Topliss-reactive ketones (excluding diaryl/α,β-unsaturated/α-hetero) is 1. The number of thiophene rings is 1. The van der Waals surface area contributed by atoms with Crippen LogP contribution in [0.5, 0.6) is 0 Å². The second-order valence-corrected chi connectivity index (χ2v) is 4.05. The van der Waals surface area contributed by atoms with Crippen molar-refractivity contribution in [3.05, 3.63) is 22.4 Å². The van der Waals surface area contributed by atoms with E-state index in [2.05, 4.69) is 17.5 Å². The van der Waals surface area contributed by atoms with Gasteiger partial charge in [-0.1, -0.05) is 6.07 Å². The van der Waals surface area contributed by atoms with Gasteiger partial charge in [-0.2, -0.15) is 0 Å². The van der Waals surface area contributed by atoms with Gasteiger partial charge in [0.05, 0.1) is 0 Å². The second kappa shape index (κ2) is 2.45. The molecule has 0 aromatic carbocycles. The number of ketones is 1. The maximum atomic E-state index is 10.9. The summed E-state index contributed by atoms with van der Waals surface area (Å²) in [4.78, 5) is 12.3. The number of carbonyl (C=O) groups is 1. The summed E-state index contributed by atoms with van der Waals surface area (Å²) in [5, 5.41) is 2.07. The highest BCUT2D eigenvalue weighted by molar-refractivity contribution is 7.10. The summed E-state index contributed by atoms with van der Waals surface area (Å²) in [7, 11) is 0. The van der Waals surface area contributed by atoms with Gasteiger partial charge in [0.2, 0.25) is 0 Å². The highest BCUT2D eigenvalue weighted by Gasteiger charge is 2.42. The van der Waals surface area contributed by atoms with E-state index in [9.17, 15) is 4.79 Å². The summed E-state index contributed by atoms with van der Waals surface area (Å²) >= 11 is 1.76. The van der Waals surface area contributed by atoms with Crippen LogP contribution in [0.3, 0.4) is 0 Å². The fourth-order valence-corrected chi connectivity index (χ4v) is 2.37. The van der Waals surface area contributed by atoms with E-state index in [1.807, 2.05) is 0 Å². The third-order valence-electron chi connectivity index (χ3n) is 2.22. The first-order chi connectivity index (χ1) is 5.29. The molecule has 1 fully saturated rings. The quantitative estimate of drug-likeness (QED) is 0.659. The van der Waals surface area contributed by atoms with E-state index in [1.54, 1.807) is 18.3 Å². The van der Waals surface area contributed by atoms with Gasteiger partial charge in [-0.3, -0.25) is 4.79 Å². The molecule has 58 valence electrons. The van der Waals surface area contributed by atoms with Crippen LogP contribution in [0.25, 0.3) is 0 Å². The summed E-state index contributed by atoms with van der Waals surface area (Å²) in [6, 6.07) is 4.17. The summed E-state index contributed by atoms with van der Waals surface area (Å²) in [6.07, 6.45) is 1.08. The molecule has 1 nitrogen and oxygen atoms in total. The van der Waals surface area contributed by atoms with Crippen LogP contribution < -0.4 is 0 Å². The van der Waals surface area contributed by atoms with Gasteiger partial charge in [-0.25, -0.2) is 0 Å². The summed E-state index contributed by atoms with van der Waals surface area (Å²) in [5.74, 6) is 1.25. The van der Waals surface area contributed by atoms with Gasteiger partial charge in [-0.05, 0) is 24.8 Å².